The average Bonchev–Trinajstić information content (AvgIpc) is 2.25. The lowest BCUT2D eigenvalue weighted by molar-refractivity contribution is -0.386. The molecule has 0 spiro atoms. The number of aryl methyl sites for hydroxylation is 1. The van der Waals surface area contributed by atoms with Gasteiger partial charge in [0.05, 0.1) is 11.1 Å². The van der Waals surface area contributed by atoms with Crippen molar-refractivity contribution in [3.63, 3.8) is 0 Å². The van der Waals surface area contributed by atoms with Crippen LogP contribution in [0.25, 0.3) is 0 Å². The normalized spacial score (nSPS) is 13.3. The molecule has 19 heavy (non-hydrogen) atoms. The van der Waals surface area contributed by atoms with Gasteiger partial charge in [-0.3, -0.25) is 14.9 Å². The maximum Gasteiger partial charge on any atom is 0.288 e. The highest BCUT2D eigenvalue weighted by Crippen LogP contribution is 2.29. The summed E-state index contributed by atoms with van der Waals surface area (Å²) in [6, 6.07) is 1.33. The minimum absolute atomic E-state index is 0.0122. The third kappa shape index (κ3) is 3.89. The van der Waals surface area contributed by atoms with E-state index in [1.165, 1.54) is 16.8 Å². The number of nitro groups is 1. The van der Waals surface area contributed by atoms with Gasteiger partial charge in [-0.2, -0.15) is 0 Å². The van der Waals surface area contributed by atoms with Crippen LogP contribution in [-0.4, -0.2) is 14.8 Å². The van der Waals surface area contributed by atoms with Crippen LogP contribution in [0.3, 0.4) is 0 Å². The van der Waals surface area contributed by atoms with Gasteiger partial charge in [0, 0.05) is 23.5 Å². The summed E-state index contributed by atoms with van der Waals surface area (Å²) in [6.07, 6.45) is 1.35. The Bertz CT molecular complexity index is 532. The summed E-state index contributed by atoms with van der Waals surface area (Å²) < 4.78 is 1.43. The molecule has 0 fully saturated rings. The molecule has 0 aliphatic heterocycles. The molecule has 0 aromatic carbocycles. The lowest BCUT2D eigenvalue weighted by atomic mass is 9.82. The van der Waals surface area contributed by atoms with E-state index in [4.69, 9.17) is 0 Å². The second-order valence-corrected chi connectivity index (χ2v) is 6.45. The number of halogens is 1. The number of rotatable bonds is 4. The van der Waals surface area contributed by atoms with Gasteiger partial charge >= 0.3 is 0 Å². The van der Waals surface area contributed by atoms with Gasteiger partial charge in [-0.05, 0) is 18.3 Å². The first-order valence-corrected chi connectivity index (χ1v) is 7.20. The van der Waals surface area contributed by atoms with Crippen molar-refractivity contribution in [2.75, 3.05) is 5.33 Å². The fraction of sp³-hybridized carbons (Fsp3) is 0.615. The standard InChI is InChI=1S/C13H19BrN2O3/c1-9-5-12(17)15(8-11(9)16(18)19)7-10(6-14)13(2,3)4/h5,8,10H,6-7H2,1-4H3. The van der Waals surface area contributed by atoms with Crippen molar-refractivity contribution in [3.8, 4) is 0 Å². The van der Waals surface area contributed by atoms with Crippen LogP contribution in [0.4, 0.5) is 5.69 Å². The molecule has 1 unspecified atom stereocenters. The third-order valence-corrected chi connectivity index (χ3v) is 4.11. The fourth-order valence-corrected chi connectivity index (χ4v) is 2.96. The molecular weight excluding hydrogens is 312 g/mol. The Morgan fingerprint density at radius 2 is 2.05 bits per heavy atom. The predicted octanol–water partition coefficient (Wildman–Crippen LogP) is 3.12. The molecule has 0 aliphatic carbocycles. The zero-order valence-corrected chi connectivity index (χ0v) is 13.2. The highest BCUT2D eigenvalue weighted by atomic mass is 79.9. The molecular formula is C13H19BrN2O3. The van der Waals surface area contributed by atoms with Crippen molar-refractivity contribution in [3.05, 3.63) is 38.3 Å². The molecule has 1 atom stereocenters. The Kier molecular flexibility index (Phi) is 4.90. The van der Waals surface area contributed by atoms with Crippen molar-refractivity contribution < 1.29 is 4.92 Å². The third-order valence-electron chi connectivity index (χ3n) is 3.33. The van der Waals surface area contributed by atoms with Crippen molar-refractivity contribution in [1.82, 2.24) is 4.57 Å². The summed E-state index contributed by atoms with van der Waals surface area (Å²) in [5.74, 6) is 0.215. The van der Waals surface area contributed by atoms with E-state index in [-0.39, 0.29) is 22.6 Å². The zero-order chi connectivity index (χ0) is 14.8. The Hall–Kier alpha value is -1.17. The first kappa shape index (κ1) is 15.9. The van der Waals surface area contributed by atoms with Crippen LogP contribution in [0, 0.1) is 28.4 Å². The van der Waals surface area contributed by atoms with E-state index in [1.54, 1.807) is 6.92 Å². The zero-order valence-electron chi connectivity index (χ0n) is 11.6. The first-order chi connectivity index (χ1) is 8.66. The second kappa shape index (κ2) is 5.86. The summed E-state index contributed by atoms with van der Waals surface area (Å²) in [5, 5.41) is 11.7. The molecule has 0 amide bonds. The Labute approximate surface area is 120 Å². The molecule has 1 heterocycles. The summed E-state index contributed by atoms with van der Waals surface area (Å²) in [6.45, 7) is 8.32. The molecule has 0 radical (unpaired) electrons. The lowest BCUT2D eigenvalue weighted by Crippen LogP contribution is -2.31. The number of hydrogen-bond acceptors (Lipinski definition) is 3. The number of pyridine rings is 1. The van der Waals surface area contributed by atoms with Gasteiger partial charge in [0.1, 0.15) is 0 Å². The molecule has 0 bridgehead atoms. The molecule has 5 nitrogen and oxygen atoms in total. The summed E-state index contributed by atoms with van der Waals surface area (Å²) in [7, 11) is 0. The molecule has 106 valence electrons. The number of alkyl halides is 1. The fourth-order valence-electron chi connectivity index (χ4n) is 1.78. The smallest absolute Gasteiger partial charge is 0.288 e. The SMILES string of the molecule is Cc1cc(=O)n(CC(CBr)C(C)(C)C)cc1[N+](=O)[O-]. The summed E-state index contributed by atoms with van der Waals surface area (Å²) in [4.78, 5) is 22.4. The molecule has 0 aliphatic rings. The molecule has 0 N–H and O–H groups in total. The Morgan fingerprint density at radius 3 is 2.47 bits per heavy atom. The van der Waals surface area contributed by atoms with Crippen LogP contribution < -0.4 is 5.56 Å². The maximum atomic E-state index is 11.9. The van der Waals surface area contributed by atoms with E-state index < -0.39 is 4.92 Å². The van der Waals surface area contributed by atoms with Gasteiger partial charge in [0.2, 0.25) is 0 Å². The van der Waals surface area contributed by atoms with Gasteiger partial charge in [-0.15, -0.1) is 0 Å². The molecule has 0 saturated heterocycles. The van der Waals surface area contributed by atoms with Crippen molar-refractivity contribution in [1.29, 1.82) is 0 Å². The van der Waals surface area contributed by atoms with E-state index in [1.807, 2.05) is 0 Å². The average molecular weight is 331 g/mol. The minimum atomic E-state index is -0.453. The molecule has 0 saturated carbocycles. The second-order valence-electron chi connectivity index (χ2n) is 5.81. The monoisotopic (exact) mass is 330 g/mol. The largest absolute Gasteiger partial charge is 0.308 e. The molecule has 1 aromatic rings. The van der Waals surface area contributed by atoms with E-state index in [0.29, 0.717) is 12.1 Å². The van der Waals surface area contributed by atoms with Crippen molar-refractivity contribution in [2.24, 2.45) is 11.3 Å². The predicted molar refractivity (Wildman–Crippen MR) is 78.8 cm³/mol. The van der Waals surface area contributed by atoms with Crippen LogP contribution in [-0.2, 0) is 6.54 Å². The number of aromatic nitrogens is 1. The van der Waals surface area contributed by atoms with Crippen LogP contribution in [0.15, 0.2) is 17.1 Å². The topological polar surface area (TPSA) is 65.1 Å². The van der Waals surface area contributed by atoms with Crippen molar-refractivity contribution >= 4 is 21.6 Å². The quantitative estimate of drug-likeness (QED) is 0.484. The Morgan fingerprint density at radius 1 is 1.47 bits per heavy atom. The molecule has 1 rings (SSSR count). The van der Waals surface area contributed by atoms with Gasteiger partial charge < -0.3 is 4.57 Å². The van der Waals surface area contributed by atoms with Gasteiger partial charge in [-0.1, -0.05) is 36.7 Å². The van der Waals surface area contributed by atoms with E-state index in [0.717, 1.165) is 5.33 Å². The van der Waals surface area contributed by atoms with Crippen molar-refractivity contribution in [2.45, 2.75) is 34.2 Å². The highest BCUT2D eigenvalue weighted by molar-refractivity contribution is 9.09. The van der Waals surface area contributed by atoms with Crippen LogP contribution >= 0.6 is 15.9 Å². The van der Waals surface area contributed by atoms with Gasteiger partial charge in [-0.25, -0.2) is 0 Å². The molecule has 1 aromatic heterocycles. The number of hydrogen-bond donors (Lipinski definition) is 0. The van der Waals surface area contributed by atoms with E-state index >= 15 is 0 Å². The van der Waals surface area contributed by atoms with Gasteiger partial charge in [0.25, 0.3) is 11.2 Å². The minimum Gasteiger partial charge on any atom is -0.308 e. The van der Waals surface area contributed by atoms with Crippen LogP contribution in [0.5, 0.6) is 0 Å². The highest BCUT2D eigenvalue weighted by Gasteiger charge is 2.25. The van der Waals surface area contributed by atoms with Crippen LogP contribution in [0.1, 0.15) is 26.3 Å². The van der Waals surface area contributed by atoms with Crippen LogP contribution in [0.2, 0.25) is 0 Å². The van der Waals surface area contributed by atoms with E-state index in [2.05, 4.69) is 36.7 Å². The number of nitrogens with zero attached hydrogens (tertiary/aromatic N) is 2. The summed E-state index contributed by atoms with van der Waals surface area (Å²) >= 11 is 3.45. The Balaban J connectivity index is 3.18. The van der Waals surface area contributed by atoms with Gasteiger partial charge in [0.15, 0.2) is 0 Å². The van der Waals surface area contributed by atoms with E-state index in [9.17, 15) is 14.9 Å². The lowest BCUT2D eigenvalue weighted by Gasteiger charge is -2.29. The molecule has 6 heteroatoms. The first-order valence-electron chi connectivity index (χ1n) is 6.08. The maximum absolute atomic E-state index is 11.9. The summed E-state index contributed by atoms with van der Waals surface area (Å²) in [5.41, 5.74) is 0.209.